The van der Waals surface area contributed by atoms with Gasteiger partial charge in [0.25, 0.3) is 11.8 Å². The standard InChI is InChI=1S/C33H17N3O3/c34-18-19-8-7-14-26(31(19)36-32(37)20-9-1-2-10-21(20)33(36)38)35-24-13-5-3-11-22(24)29-25(35)16-17-28-30(29)23-12-4-6-15-27(23)39-28/h1-17H. The summed E-state index contributed by atoms with van der Waals surface area (Å²) in [6.45, 7) is 0. The number of rotatable bonds is 2. The molecule has 0 saturated heterocycles. The molecule has 0 radical (unpaired) electrons. The first kappa shape index (κ1) is 21.4. The smallest absolute Gasteiger partial charge is 0.266 e. The summed E-state index contributed by atoms with van der Waals surface area (Å²) in [6.07, 6.45) is 0. The van der Waals surface area contributed by atoms with E-state index in [0.29, 0.717) is 16.8 Å². The van der Waals surface area contributed by atoms with Crippen LogP contribution in [0.3, 0.4) is 0 Å². The van der Waals surface area contributed by atoms with E-state index in [1.54, 1.807) is 36.4 Å². The highest BCUT2D eigenvalue weighted by Crippen LogP contribution is 2.43. The van der Waals surface area contributed by atoms with Crippen molar-refractivity contribution in [2.45, 2.75) is 0 Å². The molecule has 0 saturated carbocycles. The van der Waals surface area contributed by atoms with Crippen molar-refractivity contribution in [2.24, 2.45) is 0 Å². The van der Waals surface area contributed by atoms with Crippen molar-refractivity contribution in [3.8, 4) is 11.8 Å². The van der Waals surface area contributed by atoms with Crippen LogP contribution in [0.4, 0.5) is 5.69 Å². The van der Waals surface area contributed by atoms with Gasteiger partial charge >= 0.3 is 0 Å². The number of aromatic nitrogens is 1. The lowest BCUT2D eigenvalue weighted by Crippen LogP contribution is -2.31. The van der Waals surface area contributed by atoms with Crippen molar-refractivity contribution in [2.75, 3.05) is 4.90 Å². The Kier molecular flexibility index (Phi) is 4.21. The van der Waals surface area contributed by atoms with Crippen molar-refractivity contribution >= 4 is 61.2 Å². The van der Waals surface area contributed by atoms with Gasteiger partial charge in [0.1, 0.15) is 17.2 Å². The van der Waals surface area contributed by atoms with E-state index >= 15 is 0 Å². The molecule has 39 heavy (non-hydrogen) atoms. The number of nitriles is 1. The van der Waals surface area contributed by atoms with Gasteiger partial charge in [-0.15, -0.1) is 0 Å². The summed E-state index contributed by atoms with van der Waals surface area (Å²) in [6, 6.07) is 34.1. The quantitative estimate of drug-likeness (QED) is 0.231. The van der Waals surface area contributed by atoms with Crippen LogP contribution in [0.15, 0.2) is 108 Å². The molecule has 0 aliphatic carbocycles. The molecule has 1 aliphatic heterocycles. The van der Waals surface area contributed by atoms with Gasteiger partial charge in [-0.2, -0.15) is 5.26 Å². The molecule has 5 aromatic carbocycles. The Labute approximate surface area is 221 Å². The number of furan rings is 1. The number of para-hydroxylation sites is 3. The fourth-order valence-corrected chi connectivity index (χ4v) is 5.96. The minimum atomic E-state index is -0.441. The SMILES string of the molecule is N#Cc1cccc(-n2c3ccccc3c3c4c(ccc32)oc2ccccc24)c1N1C(=O)c2ccccc2C1=O. The van der Waals surface area contributed by atoms with Gasteiger partial charge < -0.3 is 8.98 Å². The van der Waals surface area contributed by atoms with Crippen LogP contribution in [0, 0.1) is 11.3 Å². The van der Waals surface area contributed by atoms with E-state index in [2.05, 4.69) is 12.1 Å². The minimum absolute atomic E-state index is 0.239. The third kappa shape index (κ3) is 2.73. The van der Waals surface area contributed by atoms with E-state index in [0.717, 1.165) is 48.6 Å². The molecule has 0 spiro atoms. The average molecular weight is 504 g/mol. The molecule has 7 aromatic rings. The maximum atomic E-state index is 13.6. The Balaban J connectivity index is 1.51. The van der Waals surface area contributed by atoms with E-state index in [1.807, 2.05) is 65.2 Å². The molecule has 6 nitrogen and oxygen atoms in total. The van der Waals surface area contributed by atoms with E-state index in [4.69, 9.17) is 4.42 Å². The van der Waals surface area contributed by atoms with Gasteiger partial charge in [0.15, 0.2) is 0 Å². The summed E-state index contributed by atoms with van der Waals surface area (Å²) in [5.41, 5.74) is 5.08. The van der Waals surface area contributed by atoms with E-state index in [9.17, 15) is 14.9 Å². The summed E-state index contributed by atoms with van der Waals surface area (Å²) >= 11 is 0. The fraction of sp³-hybridized carbons (Fsp3) is 0. The lowest BCUT2D eigenvalue weighted by atomic mass is 10.1. The monoisotopic (exact) mass is 503 g/mol. The van der Waals surface area contributed by atoms with Gasteiger partial charge in [0.05, 0.1) is 39.1 Å². The molecule has 1 aliphatic rings. The molecule has 8 rings (SSSR count). The Morgan fingerprint density at radius 2 is 1.31 bits per heavy atom. The zero-order chi connectivity index (χ0) is 26.2. The molecule has 0 bridgehead atoms. The van der Waals surface area contributed by atoms with Gasteiger partial charge in [0.2, 0.25) is 0 Å². The Morgan fingerprint density at radius 3 is 2.08 bits per heavy atom. The number of hydrogen-bond acceptors (Lipinski definition) is 4. The number of nitrogens with zero attached hydrogens (tertiary/aromatic N) is 3. The highest BCUT2D eigenvalue weighted by molar-refractivity contribution is 6.35. The molecular weight excluding hydrogens is 486 g/mol. The molecule has 2 amide bonds. The molecule has 2 aromatic heterocycles. The number of carbonyl (C=O) groups is 2. The first-order valence-corrected chi connectivity index (χ1v) is 12.5. The topological polar surface area (TPSA) is 79.2 Å². The summed E-state index contributed by atoms with van der Waals surface area (Å²) in [5, 5.41) is 14.1. The molecule has 6 heteroatoms. The number of carbonyl (C=O) groups excluding carboxylic acids is 2. The predicted molar refractivity (Wildman–Crippen MR) is 150 cm³/mol. The first-order chi connectivity index (χ1) is 19.2. The highest BCUT2D eigenvalue weighted by atomic mass is 16.3. The van der Waals surface area contributed by atoms with Crippen LogP contribution < -0.4 is 4.90 Å². The summed E-state index contributed by atoms with van der Waals surface area (Å²) in [7, 11) is 0. The largest absolute Gasteiger partial charge is 0.456 e. The van der Waals surface area contributed by atoms with Gasteiger partial charge in [-0.3, -0.25) is 9.59 Å². The van der Waals surface area contributed by atoms with E-state index in [-0.39, 0.29) is 11.3 Å². The maximum Gasteiger partial charge on any atom is 0.266 e. The van der Waals surface area contributed by atoms with Gasteiger partial charge in [-0.25, -0.2) is 4.90 Å². The normalized spacial score (nSPS) is 13.2. The summed E-state index contributed by atoms with van der Waals surface area (Å²) in [4.78, 5) is 28.3. The number of benzene rings is 5. The Bertz CT molecular complexity index is 2210. The molecule has 0 atom stereocenters. The number of imide groups is 1. The predicted octanol–water partition coefficient (Wildman–Crippen LogP) is 7.36. The van der Waals surface area contributed by atoms with Crippen LogP contribution in [-0.2, 0) is 0 Å². The number of fused-ring (bicyclic) bond motifs is 8. The summed E-state index contributed by atoms with van der Waals surface area (Å²) < 4.78 is 8.21. The number of hydrogen-bond donors (Lipinski definition) is 0. The molecule has 182 valence electrons. The second-order valence-corrected chi connectivity index (χ2v) is 9.56. The Morgan fingerprint density at radius 1 is 0.615 bits per heavy atom. The van der Waals surface area contributed by atoms with Crippen LogP contribution in [0.5, 0.6) is 0 Å². The maximum absolute atomic E-state index is 13.6. The zero-order valence-corrected chi connectivity index (χ0v) is 20.4. The van der Waals surface area contributed by atoms with Crippen LogP contribution in [0.25, 0.3) is 49.4 Å². The third-order valence-electron chi connectivity index (χ3n) is 7.57. The van der Waals surface area contributed by atoms with Crippen LogP contribution in [-0.4, -0.2) is 16.4 Å². The van der Waals surface area contributed by atoms with E-state index in [1.165, 1.54) is 0 Å². The lowest BCUT2D eigenvalue weighted by molar-refractivity contribution is 0.0926. The van der Waals surface area contributed by atoms with Gasteiger partial charge in [-0.1, -0.05) is 54.6 Å². The first-order valence-electron chi connectivity index (χ1n) is 12.5. The second kappa shape index (κ2) is 7.67. The fourth-order valence-electron chi connectivity index (χ4n) is 5.96. The minimum Gasteiger partial charge on any atom is -0.456 e. The molecule has 0 fully saturated rings. The highest BCUT2D eigenvalue weighted by Gasteiger charge is 2.39. The summed E-state index contributed by atoms with van der Waals surface area (Å²) in [5.74, 6) is -0.882. The van der Waals surface area contributed by atoms with Gasteiger partial charge in [-0.05, 0) is 48.5 Å². The van der Waals surface area contributed by atoms with Crippen molar-refractivity contribution in [3.63, 3.8) is 0 Å². The molecular formula is C33H17N3O3. The van der Waals surface area contributed by atoms with Crippen molar-refractivity contribution < 1.29 is 14.0 Å². The van der Waals surface area contributed by atoms with Crippen LogP contribution in [0.2, 0.25) is 0 Å². The van der Waals surface area contributed by atoms with Gasteiger partial charge in [0, 0.05) is 21.5 Å². The van der Waals surface area contributed by atoms with Crippen molar-refractivity contribution in [3.05, 3.63) is 120 Å². The Hall–Kier alpha value is -5.67. The number of anilines is 1. The van der Waals surface area contributed by atoms with Crippen LogP contribution >= 0.6 is 0 Å². The van der Waals surface area contributed by atoms with Crippen LogP contribution in [0.1, 0.15) is 26.3 Å². The number of amides is 2. The molecule has 0 N–H and O–H groups in total. The zero-order valence-electron chi connectivity index (χ0n) is 20.4. The van der Waals surface area contributed by atoms with Crippen molar-refractivity contribution in [1.29, 1.82) is 5.26 Å². The molecule has 3 heterocycles. The van der Waals surface area contributed by atoms with Crippen molar-refractivity contribution in [1.82, 2.24) is 4.57 Å². The third-order valence-corrected chi connectivity index (χ3v) is 7.57. The molecule has 0 unspecified atom stereocenters. The lowest BCUT2D eigenvalue weighted by Gasteiger charge is -2.21. The average Bonchev–Trinajstić information content (AvgIpc) is 3.60. The second-order valence-electron chi connectivity index (χ2n) is 9.56. The van der Waals surface area contributed by atoms with E-state index < -0.39 is 11.8 Å².